The summed E-state index contributed by atoms with van der Waals surface area (Å²) in [5.74, 6) is 0.616. The van der Waals surface area contributed by atoms with Crippen molar-refractivity contribution in [1.82, 2.24) is 4.90 Å². The lowest BCUT2D eigenvalue weighted by Crippen LogP contribution is -2.24. The summed E-state index contributed by atoms with van der Waals surface area (Å²) < 4.78 is 6.01. The van der Waals surface area contributed by atoms with Crippen LogP contribution in [0.3, 0.4) is 0 Å². The summed E-state index contributed by atoms with van der Waals surface area (Å²) in [7, 11) is 0. The van der Waals surface area contributed by atoms with E-state index in [9.17, 15) is 0 Å². The summed E-state index contributed by atoms with van der Waals surface area (Å²) in [6.07, 6.45) is 1.15. The van der Waals surface area contributed by atoms with Crippen LogP contribution in [0.2, 0.25) is 5.02 Å². The van der Waals surface area contributed by atoms with Crippen molar-refractivity contribution in [3.63, 3.8) is 0 Å². The van der Waals surface area contributed by atoms with E-state index in [2.05, 4.69) is 29.2 Å². The number of rotatable bonds is 4. The van der Waals surface area contributed by atoms with Gasteiger partial charge in [0.2, 0.25) is 0 Å². The van der Waals surface area contributed by atoms with Crippen molar-refractivity contribution in [3.8, 4) is 5.75 Å². The fourth-order valence-electron chi connectivity index (χ4n) is 2.70. The van der Waals surface area contributed by atoms with Crippen LogP contribution in [0.15, 0.2) is 48.5 Å². The van der Waals surface area contributed by atoms with Crippen molar-refractivity contribution >= 4 is 17.3 Å². The molecule has 0 amide bonds. The van der Waals surface area contributed by atoms with Crippen molar-refractivity contribution in [2.45, 2.75) is 19.1 Å². The van der Waals surface area contributed by atoms with Crippen LogP contribution < -0.4 is 10.5 Å². The lowest BCUT2D eigenvalue weighted by atomic mass is 10.2. The first-order valence-corrected chi connectivity index (χ1v) is 7.57. The van der Waals surface area contributed by atoms with Gasteiger partial charge in [0.15, 0.2) is 5.75 Å². The number of nitrogen functional groups attached to an aromatic ring is 1. The third-order valence-electron chi connectivity index (χ3n) is 3.76. The molecule has 1 fully saturated rings. The highest BCUT2D eigenvalue weighted by Gasteiger charge is 2.25. The third-order valence-corrected chi connectivity index (χ3v) is 4.06. The summed E-state index contributed by atoms with van der Waals surface area (Å²) in [4.78, 5) is 2.40. The van der Waals surface area contributed by atoms with E-state index in [0.717, 1.165) is 26.1 Å². The quantitative estimate of drug-likeness (QED) is 0.877. The lowest BCUT2D eigenvalue weighted by molar-refractivity contribution is 0.199. The van der Waals surface area contributed by atoms with Gasteiger partial charge in [-0.2, -0.15) is 0 Å². The molecule has 21 heavy (non-hydrogen) atoms. The predicted octanol–water partition coefficient (Wildman–Crippen LogP) is 3.58. The molecule has 0 bridgehead atoms. The lowest BCUT2D eigenvalue weighted by Gasteiger charge is -2.18. The molecule has 1 atom stereocenters. The van der Waals surface area contributed by atoms with Crippen molar-refractivity contribution < 1.29 is 4.74 Å². The van der Waals surface area contributed by atoms with Crippen LogP contribution in [0.4, 0.5) is 5.69 Å². The van der Waals surface area contributed by atoms with E-state index in [1.165, 1.54) is 5.56 Å². The van der Waals surface area contributed by atoms with Crippen LogP contribution in [0.1, 0.15) is 12.0 Å². The minimum absolute atomic E-state index is 0.149. The molecule has 0 saturated carbocycles. The van der Waals surface area contributed by atoms with E-state index in [0.29, 0.717) is 16.5 Å². The van der Waals surface area contributed by atoms with Crippen molar-refractivity contribution in [3.05, 3.63) is 59.1 Å². The van der Waals surface area contributed by atoms with E-state index in [-0.39, 0.29) is 6.10 Å². The highest BCUT2D eigenvalue weighted by molar-refractivity contribution is 6.32. The Balaban J connectivity index is 1.60. The van der Waals surface area contributed by atoms with Crippen molar-refractivity contribution in [2.24, 2.45) is 0 Å². The Labute approximate surface area is 130 Å². The van der Waals surface area contributed by atoms with Crippen LogP contribution >= 0.6 is 11.6 Å². The molecular formula is C17H19ClN2O. The van der Waals surface area contributed by atoms with Gasteiger partial charge in [0.25, 0.3) is 0 Å². The maximum atomic E-state index is 6.16. The molecule has 0 aliphatic carbocycles. The summed E-state index contributed by atoms with van der Waals surface area (Å²) in [5, 5.41) is 0.580. The Kier molecular flexibility index (Phi) is 4.32. The fourth-order valence-corrected chi connectivity index (χ4v) is 2.92. The van der Waals surface area contributed by atoms with Crippen LogP contribution in [-0.2, 0) is 6.54 Å². The average molecular weight is 303 g/mol. The number of hydrogen-bond donors (Lipinski definition) is 1. The summed E-state index contributed by atoms with van der Waals surface area (Å²) in [6.45, 7) is 2.89. The molecular weight excluding hydrogens is 284 g/mol. The van der Waals surface area contributed by atoms with Crippen LogP contribution in [0.25, 0.3) is 0 Å². The fraction of sp³-hybridized carbons (Fsp3) is 0.294. The minimum atomic E-state index is 0.149. The molecule has 2 N–H and O–H groups in total. The van der Waals surface area contributed by atoms with Gasteiger partial charge in [-0.3, -0.25) is 4.90 Å². The zero-order valence-corrected chi connectivity index (χ0v) is 12.6. The molecule has 3 nitrogen and oxygen atoms in total. The van der Waals surface area contributed by atoms with E-state index < -0.39 is 0 Å². The zero-order chi connectivity index (χ0) is 14.7. The largest absolute Gasteiger partial charge is 0.485 e. The number of para-hydroxylation sites is 1. The van der Waals surface area contributed by atoms with Gasteiger partial charge in [-0.15, -0.1) is 0 Å². The van der Waals surface area contributed by atoms with Gasteiger partial charge < -0.3 is 10.5 Å². The number of nitrogens with zero attached hydrogens (tertiary/aromatic N) is 1. The molecule has 0 spiro atoms. The molecule has 1 heterocycles. The minimum Gasteiger partial charge on any atom is -0.485 e. The molecule has 4 heteroatoms. The van der Waals surface area contributed by atoms with Gasteiger partial charge >= 0.3 is 0 Å². The number of likely N-dealkylation sites (tertiary alicyclic amines) is 1. The summed E-state index contributed by atoms with van der Waals surface area (Å²) in [6, 6.07) is 16.0. The SMILES string of the molecule is Nc1cccc(Cl)c1OC1CCN(Cc2ccccc2)C1. The Bertz CT molecular complexity index is 583. The third kappa shape index (κ3) is 3.49. The second kappa shape index (κ2) is 6.37. The monoisotopic (exact) mass is 302 g/mol. The number of anilines is 1. The summed E-state index contributed by atoms with van der Waals surface area (Å²) in [5.41, 5.74) is 7.86. The number of benzene rings is 2. The molecule has 3 rings (SSSR count). The number of ether oxygens (including phenoxy) is 1. The Morgan fingerprint density at radius 2 is 1.95 bits per heavy atom. The molecule has 2 aromatic rings. The average Bonchev–Trinajstić information content (AvgIpc) is 2.91. The first kappa shape index (κ1) is 14.2. The maximum absolute atomic E-state index is 6.16. The Hall–Kier alpha value is -1.71. The smallest absolute Gasteiger partial charge is 0.161 e. The van der Waals surface area contributed by atoms with Gasteiger partial charge in [-0.1, -0.05) is 48.0 Å². The molecule has 2 aromatic carbocycles. The van der Waals surface area contributed by atoms with E-state index in [1.807, 2.05) is 24.3 Å². The van der Waals surface area contributed by atoms with Crippen molar-refractivity contribution in [1.29, 1.82) is 0 Å². The van der Waals surface area contributed by atoms with E-state index in [1.54, 1.807) is 0 Å². The van der Waals surface area contributed by atoms with Crippen LogP contribution in [0, 0.1) is 0 Å². The highest BCUT2D eigenvalue weighted by Crippen LogP contribution is 2.32. The van der Waals surface area contributed by atoms with Crippen LogP contribution in [0.5, 0.6) is 5.75 Å². The van der Waals surface area contributed by atoms with Crippen LogP contribution in [-0.4, -0.2) is 24.1 Å². The van der Waals surface area contributed by atoms with Gasteiger partial charge in [-0.25, -0.2) is 0 Å². The standard InChI is InChI=1S/C17H19ClN2O/c18-15-7-4-8-16(19)17(15)21-14-9-10-20(12-14)11-13-5-2-1-3-6-13/h1-8,14H,9-12,19H2. The molecule has 0 radical (unpaired) electrons. The Morgan fingerprint density at radius 1 is 1.14 bits per heavy atom. The molecule has 0 aromatic heterocycles. The summed E-state index contributed by atoms with van der Waals surface area (Å²) >= 11 is 6.16. The van der Waals surface area contributed by atoms with Crippen molar-refractivity contribution in [2.75, 3.05) is 18.8 Å². The topological polar surface area (TPSA) is 38.5 Å². The van der Waals surface area contributed by atoms with Gasteiger partial charge in [0, 0.05) is 19.6 Å². The Morgan fingerprint density at radius 3 is 2.71 bits per heavy atom. The molecule has 1 aliphatic rings. The van der Waals surface area contributed by atoms with Gasteiger partial charge in [0.05, 0.1) is 10.7 Å². The zero-order valence-electron chi connectivity index (χ0n) is 11.8. The number of hydrogen-bond acceptors (Lipinski definition) is 3. The molecule has 1 aliphatic heterocycles. The molecule has 1 saturated heterocycles. The normalized spacial score (nSPS) is 18.8. The number of nitrogens with two attached hydrogens (primary N) is 1. The highest BCUT2D eigenvalue weighted by atomic mass is 35.5. The van der Waals surface area contributed by atoms with E-state index >= 15 is 0 Å². The first-order chi connectivity index (χ1) is 10.2. The second-order valence-corrected chi connectivity index (χ2v) is 5.81. The van der Waals surface area contributed by atoms with E-state index in [4.69, 9.17) is 22.1 Å². The maximum Gasteiger partial charge on any atom is 0.161 e. The second-order valence-electron chi connectivity index (χ2n) is 5.41. The van der Waals surface area contributed by atoms with Gasteiger partial charge in [-0.05, 0) is 24.1 Å². The molecule has 110 valence electrons. The molecule has 1 unspecified atom stereocenters. The predicted molar refractivity (Wildman–Crippen MR) is 86.6 cm³/mol. The van der Waals surface area contributed by atoms with Gasteiger partial charge in [0.1, 0.15) is 6.10 Å². The number of halogens is 1. The first-order valence-electron chi connectivity index (χ1n) is 7.19.